The van der Waals surface area contributed by atoms with Gasteiger partial charge in [0.2, 0.25) is 15.9 Å². The summed E-state index contributed by atoms with van der Waals surface area (Å²) in [5.74, 6) is 0.157. The Morgan fingerprint density at radius 3 is 2.77 bits per heavy atom. The average Bonchev–Trinajstić information content (AvgIpc) is 2.49. The van der Waals surface area contributed by atoms with Crippen LogP contribution in [0.15, 0.2) is 11.5 Å². The van der Waals surface area contributed by atoms with E-state index in [0.29, 0.717) is 5.65 Å². The first-order valence-corrected chi connectivity index (χ1v) is 4.47. The fraction of sp³-hybridized carbons (Fsp3) is 0. The van der Waals surface area contributed by atoms with Crippen molar-refractivity contribution >= 4 is 27.7 Å². The Kier molecular flexibility index (Phi) is 1.62. The molecule has 0 fully saturated rings. The fourth-order valence-electron chi connectivity index (χ4n) is 0.920. The maximum absolute atomic E-state index is 10.5. The van der Waals surface area contributed by atoms with Crippen molar-refractivity contribution in [1.82, 2.24) is 19.9 Å². The molecule has 0 atom stereocenters. The molecule has 13 heavy (non-hydrogen) atoms. The van der Waals surface area contributed by atoms with Gasteiger partial charge in [-0.2, -0.15) is 0 Å². The van der Waals surface area contributed by atoms with Crippen LogP contribution in [0.4, 0.5) is 5.82 Å². The van der Waals surface area contributed by atoms with Gasteiger partial charge in [0.25, 0.3) is 0 Å². The molecule has 68 valence electrons. The number of anilines is 1. The summed E-state index contributed by atoms with van der Waals surface area (Å²) in [6, 6.07) is 0. The standard InChI is InChI=1S/C5H5N5O2S/c6-3-2-4(8-1-7-3)10-5(9-2)13(11)12/h1,13H,(H3,6,7,8,9,10). The highest BCUT2D eigenvalue weighted by atomic mass is 32.2. The number of thiol groups is 1. The minimum absolute atomic E-state index is 0.155. The largest absolute Gasteiger partial charge is 0.382 e. The summed E-state index contributed by atoms with van der Waals surface area (Å²) in [6.07, 6.45) is 1.23. The maximum Gasteiger partial charge on any atom is 0.224 e. The lowest BCUT2D eigenvalue weighted by Gasteiger charge is -1.88. The minimum atomic E-state index is -2.74. The van der Waals surface area contributed by atoms with Gasteiger partial charge in [0, 0.05) is 0 Å². The maximum atomic E-state index is 10.5. The molecule has 0 amide bonds. The summed E-state index contributed by atoms with van der Waals surface area (Å²) in [4.78, 5) is 13.6. The number of H-pyrrole nitrogens is 1. The SMILES string of the molecule is Nc1ncnc2[nH]c([SH](=O)=O)nc12. The first kappa shape index (κ1) is 7.92. The van der Waals surface area contributed by atoms with Crippen LogP contribution < -0.4 is 5.73 Å². The highest BCUT2D eigenvalue weighted by molar-refractivity contribution is 7.72. The van der Waals surface area contributed by atoms with Crippen molar-refractivity contribution in [2.75, 3.05) is 5.73 Å². The molecule has 0 aliphatic heterocycles. The van der Waals surface area contributed by atoms with Gasteiger partial charge in [-0.05, 0) is 0 Å². The molecular formula is C5H5N5O2S. The van der Waals surface area contributed by atoms with E-state index in [1.807, 2.05) is 0 Å². The quantitative estimate of drug-likeness (QED) is 0.502. The predicted octanol–water partition coefficient (Wildman–Crippen LogP) is -1.09. The van der Waals surface area contributed by atoms with Crippen molar-refractivity contribution < 1.29 is 8.42 Å². The van der Waals surface area contributed by atoms with E-state index in [9.17, 15) is 8.42 Å². The number of rotatable bonds is 1. The van der Waals surface area contributed by atoms with E-state index < -0.39 is 10.7 Å². The van der Waals surface area contributed by atoms with Crippen molar-refractivity contribution in [1.29, 1.82) is 0 Å². The van der Waals surface area contributed by atoms with E-state index in [-0.39, 0.29) is 16.5 Å². The Morgan fingerprint density at radius 2 is 2.15 bits per heavy atom. The smallest absolute Gasteiger partial charge is 0.224 e. The molecule has 2 aromatic rings. The molecule has 0 radical (unpaired) electrons. The second-order valence-corrected chi connectivity index (χ2v) is 3.21. The Morgan fingerprint density at radius 1 is 1.38 bits per heavy atom. The lowest BCUT2D eigenvalue weighted by molar-refractivity contribution is 0.608. The Labute approximate surface area is 74.0 Å². The van der Waals surface area contributed by atoms with E-state index in [4.69, 9.17) is 5.73 Å². The van der Waals surface area contributed by atoms with Crippen molar-refractivity contribution in [3.05, 3.63) is 6.33 Å². The average molecular weight is 199 g/mol. The molecule has 2 aromatic heterocycles. The van der Waals surface area contributed by atoms with Crippen molar-refractivity contribution in [2.24, 2.45) is 0 Å². The van der Waals surface area contributed by atoms with Gasteiger partial charge in [0.15, 0.2) is 17.0 Å². The molecule has 0 aromatic carbocycles. The van der Waals surface area contributed by atoms with Gasteiger partial charge in [0.1, 0.15) is 6.33 Å². The van der Waals surface area contributed by atoms with Crippen LogP contribution in [0.25, 0.3) is 11.2 Å². The molecular weight excluding hydrogens is 194 g/mol. The zero-order valence-electron chi connectivity index (χ0n) is 6.26. The molecule has 0 saturated heterocycles. The van der Waals surface area contributed by atoms with Crippen molar-refractivity contribution in [3.63, 3.8) is 0 Å². The third kappa shape index (κ3) is 1.20. The number of hydrogen-bond acceptors (Lipinski definition) is 6. The Hall–Kier alpha value is -1.70. The van der Waals surface area contributed by atoms with Gasteiger partial charge < -0.3 is 10.7 Å². The molecule has 0 aliphatic rings. The predicted molar refractivity (Wildman–Crippen MR) is 44.7 cm³/mol. The molecule has 0 bridgehead atoms. The molecule has 0 aliphatic carbocycles. The lowest BCUT2D eigenvalue weighted by Crippen LogP contribution is -1.91. The zero-order valence-corrected chi connectivity index (χ0v) is 7.15. The second-order valence-electron chi connectivity index (χ2n) is 2.27. The number of imidazole rings is 1. The van der Waals surface area contributed by atoms with Gasteiger partial charge in [-0.25, -0.2) is 23.4 Å². The number of nitrogens with zero attached hydrogens (tertiary/aromatic N) is 3. The summed E-state index contributed by atoms with van der Waals surface area (Å²) in [5, 5.41) is -0.155. The minimum Gasteiger partial charge on any atom is -0.382 e. The van der Waals surface area contributed by atoms with Gasteiger partial charge >= 0.3 is 0 Å². The lowest BCUT2D eigenvalue weighted by atomic mass is 10.5. The van der Waals surface area contributed by atoms with E-state index in [1.165, 1.54) is 6.33 Å². The van der Waals surface area contributed by atoms with E-state index in [2.05, 4.69) is 19.9 Å². The summed E-state index contributed by atoms with van der Waals surface area (Å²) >= 11 is 0. The number of hydrogen-bond donors (Lipinski definition) is 3. The monoisotopic (exact) mass is 199 g/mol. The van der Waals surface area contributed by atoms with Crippen molar-refractivity contribution in [3.8, 4) is 0 Å². The first-order chi connectivity index (χ1) is 6.18. The van der Waals surface area contributed by atoms with E-state index >= 15 is 0 Å². The fourth-order valence-corrected chi connectivity index (χ4v) is 1.30. The van der Waals surface area contributed by atoms with Crippen LogP contribution in [0.5, 0.6) is 0 Å². The van der Waals surface area contributed by atoms with Crippen LogP contribution >= 0.6 is 0 Å². The van der Waals surface area contributed by atoms with Crippen LogP contribution in [0.3, 0.4) is 0 Å². The third-order valence-corrected chi connectivity index (χ3v) is 2.03. The zero-order chi connectivity index (χ0) is 9.42. The van der Waals surface area contributed by atoms with Crippen LogP contribution in [0, 0.1) is 0 Å². The topological polar surface area (TPSA) is 115 Å². The van der Waals surface area contributed by atoms with Gasteiger partial charge in [0.05, 0.1) is 0 Å². The van der Waals surface area contributed by atoms with Crippen molar-refractivity contribution in [2.45, 2.75) is 5.16 Å². The number of nitrogens with two attached hydrogens (primary N) is 1. The van der Waals surface area contributed by atoms with E-state index in [1.54, 1.807) is 0 Å². The summed E-state index contributed by atoms with van der Waals surface area (Å²) in [5.41, 5.74) is 6.03. The molecule has 2 heterocycles. The molecule has 0 unspecified atom stereocenters. The van der Waals surface area contributed by atoms with Crippen LogP contribution in [0.1, 0.15) is 0 Å². The van der Waals surface area contributed by atoms with Gasteiger partial charge in [-0.15, -0.1) is 0 Å². The molecule has 2 rings (SSSR count). The van der Waals surface area contributed by atoms with Gasteiger partial charge in [-0.1, -0.05) is 0 Å². The van der Waals surface area contributed by atoms with Gasteiger partial charge in [-0.3, -0.25) is 0 Å². The van der Waals surface area contributed by atoms with Crippen LogP contribution in [-0.2, 0) is 10.7 Å². The highest BCUT2D eigenvalue weighted by Crippen LogP contribution is 2.13. The number of aromatic nitrogens is 4. The molecule has 3 N–H and O–H groups in total. The summed E-state index contributed by atoms with van der Waals surface area (Å²) in [7, 11) is -2.74. The molecule has 0 saturated carbocycles. The Balaban J connectivity index is 2.82. The van der Waals surface area contributed by atoms with E-state index in [0.717, 1.165) is 0 Å². The number of aromatic amines is 1. The number of nitrogen functional groups attached to an aromatic ring is 1. The summed E-state index contributed by atoms with van der Waals surface area (Å²) < 4.78 is 21.1. The second kappa shape index (κ2) is 2.66. The molecule has 0 spiro atoms. The highest BCUT2D eigenvalue weighted by Gasteiger charge is 2.07. The molecule has 8 heteroatoms. The van der Waals surface area contributed by atoms with Crippen LogP contribution in [0.2, 0.25) is 0 Å². The summed E-state index contributed by atoms with van der Waals surface area (Å²) in [6.45, 7) is 0. The normalized spacial score (nSPS) is 11.2. The Bertz CT molecular complexity index is 523. The third-order valence-electron chi connectivity index (χ3n) is 1.47. The number of nitrogens with one attached hydrogen (secondary N) is 1. The first-order valence-electron chi connectivity index (χ1n) is 3.29. The number of fused-ring (bicyclic) bond motifs is 1. The molecule has 7 nitrogen and oxygen atoms in total. The van der Waals surface area contributed by atoms with Crippen LogP contribution in [-0.4, -0.2) is 28.4 Å².